The minimum absolute atomic E-state index is 0.0805. The van der Waals surface area contributed by atoms with E-state index < -0.39 is 5.97 Å². The van der Waals surface area contributed by atoms with Crippen LogP contribution in [0.15, 0.2) is 0 Å². The summed E-state index contributed by atoms with van der Waals surface area (Å²) in [7, 11) is 0. The fourth-order valence-corrected chi connectivity index (χ4v) is 2.38. The Kier molecular flexibility index (Phi) is 8.07. The number of aliphatic carboxylic acids is 1. The van der Waals surface area contributed by atoms with Gasteiger partial charge in [0, 0.05) is 39.1 Å². The summed E-state index contributed by atoms with van der Waals surface area (Å²) < 4.78 is 0. The zero-order chi connectivity index (χ0) is 15.7. The van der Waals surface area contributed by atoms with Crippen molar-refractivity contribution in [2.75, 3.05) is 45.9 Å². The second kappa shape index (κ2) is 9.57. The van der Waals surface area contributed by atoms with Crippen LogP contribution in [0.5, 0.6) is 0 Å². The Hall–Kier alpha value is -1.34. The Morgan fingerprint density at radius 3 is 2.67 bits per heavy atom. The number of rotatable bonds is 7. The first kappa shape index (κ1) is 17.7. The second-order valence-electron chi connectivity index (χ2n) is 5.63. The van der Waals surface area contributed by atoms with Crippen LogP contribution in [0.4, 0.5) is 4.79 Å². The molecule has 0 aliphatic carbocycles. The van der Waals surface area contributed by atoms with Gasteiger partial charge >= 0.3 is 12.0 Å². The monoisotopic (exact) mass is 301 g/mol. The molecule has 21 heavy (non-hydrogen) atoms. The predicted molar refractivity (Wildman–Crippen MR) is 79.1 cm³/mol. The number of aliphatic hydroxyl groups excluding tert-OH is 1. The lowest BCUT2D eigenvalue weighted by atomic mass is 10.1. The third kappa shape index (κ3) is 7.29. The third-order valence-corrected chi connectivity index (χ3v) is 3.74. The minimum Gasteiger partial charge on any atom is -0.481 e. The molecule has 3 N–H and O–H groups in total. The topological polar surface area (TPSA) is 93.1 Å². The average molecular weight is 301 g/mol. The van der Waals surface area contributed by atoms with E-state index >= 15 is 0 Å². The van der Waals surface area contributed by atoms with Crippen LogP contribution in [0.1, 0.15) is 26.2 Å². The first-order valence-electron chi connectivity index (χ1n) is 7.60. The minimum atomic E-state index is -0.801. The highest BCUT2D eigenvalue weighted by molar-refractivity contribution is 5.74. The van der Waals surface area contributed by atoms with E-state index in [-0.39, 0.29) is 25.0 Å². The van der Waals surface area contributed by atoms with Gasteiger partial charge in [-0.1, -0.05) is 6.92 Å². The number of amides is 2. The number of nitrogens with one attached hydrogen (secondary N) is 1. The van der Waals surface area contributed by atoms with Crippen molar-refractivity contribution in [2.45, 2.75) is 26.2 Å². The van der Waals surface area contributed by atoms with Crippen molar-refractivity contribution < 1.29 is 19.8 Å². The van der Waals surface area contributed by atoms with Crippen molar-refractivity contribution in [3.05, 3.63) is 0 Å². The quantitative estimate of drug-likeness (QED) is 0.624. The van der Waals surface area contributed by atoms with Crippen LogP contribution in [0, 0.1) is 5.92 Å². The fraction of sp³-hybridized carbons (Fsp3) is 0.857. The van der Waals surface area contributed by atoms with E-state index in [0.29, 0.717) is 26.1 Å². The van der Waals surface area contributed by atoms with Crippen LogP contribution < -0.4 is 5.32 Å². The predicted octanol–water partition coefficient (Wildman–Crippen LogP) is 0.197. The number of urea groups is 1. The maximum atomic E-state index is 12.1. The Balaban J connectivity index is 2.26. The number of β-amino-alcohol motifs (C(OH)–C–C–N with tert-alkyl or cyclic N) is 1. The van der Waals surface area contributed by atoms with Crippen molar-refractivity contribution in [1.29, 1.82) is 0 Å². The molecule has 0 aromatic rings. The van der Waals surface area contributed by atoms with Crippen molar-refractivity contribution >= 4 is 12.0 Å². The highest BCUT2D eigenvalue weighted by Crippen LogP contribution is 2.06. The fourth-order valence-electron chi connectivity index (χ4n) is 2.38. The smallest absolute Gasteiger partial charge is 0.317 e. The van der Waals surface area contributed by atoms with E-state index in [1.54, 1.807) is 4.90 Å². The number of nitrogens with zero attached hydrogens (tertiary/aromatic N) is 2. The first-order chi connectivity index (χ1) is 10.0. The van der Waals surface area contributed by atoms with Crippen LogP contribution in [0.25, 0.3) is 0 Å². The molecule has 122 valence electrons. The summed E-state index contributed by atoms with van der Waals surface area (Å²) >= 11 is 0. The molecule has 2 amide bonds. The van der Waals surface area contributed by atoms with E-state index in [2.05, 4.69) is 10.2 Å². The molecule has 1 unspecified atom stereocenters. The van der Waals surface area contributed by atoms with Gasteiger partial charge in [-0.05, 0) is 25.3 Å². The van der Waals surface area contributed by atoms with E-state index in [1.807, 2.05) is 6.92 Å². The zero-order valence-corrected chi connectivity index (χ0v) is 12.8. The van der Waals surface area contributed by atoms with Gasteiger partial charge in [0.15, 0.2) is 0 Å². The molecule has 0 aromatic heterocycles. The lowest BCUT2D eigenvalue weighted by Gasteiger charge is -2.23. The van der Waals surface area contributed by atoms with E-state index in [1.165, 1.54) is 0 Å². The molecule has 0 saturated carbocycles. The Morgan fingerprint density at radius 1 is 1.24 bits per heavy atom. The Bertz CT molecular complexity index is 338. The summed E-state index contributed by atoms with van der Waals surface area (Å²) in [6.45, 7) is 6.31. The lowest BCUT2D eigenvalue weighted by molar-refractivity contribution is -0.137. The molecule has 1 aliphatic heterocycles. The zero-order valence-electron chi connectivity index (χ0n) is 12.8. The van der Waals surface area contributed by atoms with Crippen molar-refractivity contribution in [3.63, 3.8) is 0 Å². The van der Waals surface area contributed by atoms with Gasteiger partial charge < -0.3 is 20.4 Å². The van der Waals surface area contributed by atoms with E-state index in [9.17, 15) is 9.59 Å². The maximum absolute atomic E-state index is 12.1. The Labute approximate surface area is 125 Å². The standard InChI is InChI=1S/C14H27N3O4/c1-12(3-4-13(19)20)11-15-14(21)17-6-2-5-16(7-8-17)9-10-18/h12,18H,2-11H2,1H3,(H,15,21)(H,19,20). The largest absolute Gasteiger partial charge is 0.481 e. The maximum Gasteiger partial charge on any atom is 0.317 e. The molecule has 0 bridgehead atoms. The van der Waals surface area contributed by atoms with Crippen molar-refractivity contribution in [1.82, 2.24) is 15.1 Å². The molecule has 1 rings (SSSR count). The molecule has 1 atom stereocenters. The molecule has 1 fully saturated rings. The molecule has 0 spiro atoms. The normalized spacial score (nSPS) is 18.1. The molecular formula is C14H27N3O4. The van der Waals surface area contributed by atoms with Crippen LogP contribution in [-0.2, 0) is 4.79 Å². The van der Waals surface area contributed by atoms with Gasteiger partial charge in [0.1, 0.15) is 0 Å². The molecule has 0 aromatic carbocycles. The average Bonchev–Trinajstić information content (AvgIpc) is 2.68. The van der Waals surface area contributed by atoms with Gasteiger partial charge in [0.05, 0.1) is 6.61 Å². The van der Waals surface area contributed by atoms with Crippen molar-refractivity contribution in [3.8, 4) is 0 Å². The van der Waals surface area contributed by atoms with E-state index in [0.717, 1.165) is 26.1 Å². The summed E-state index contributed by atoms with van der Waals surface area (Å²) in [5, 5.41) is 20.4. The number of carbonyl (C=O) groups is 2. The van der Waals surface area contributed by atoms with Gasteiger partial charge in [0.25, 0.3) is 0 Å². The third-order valence-electron chi connectivity index (χ3n) is 3.74. The van der Waals surface area contributed by atoms with Gasteiger partial charge in [-0.25, -0.2) is 4.79 Å². The number of carboxylic acids is 1. The number of hydrogen-bond donors (Lipinski definition) is 3. The summed E-state index contributed by atoms with van der Waals surface area (Å²) in [4.78, 5) is 26.5. The number of hydrogen-bond acceptors (Lipinski definition) is 4. The summed E-state index contributed by atoms with van der Waals surface area (Å²) in [5.74, 6) is -0.646. The molecule has 7 nitrogen and oxygen atoms in total. The van der Waals surface area contributed by atoms with Crippen molar-refractivity contribution in [2.24, 2.45) is 5.92 Å². The van der Waals surface area contributed by atoms with Crippen LogP contribution in [0.3, 0.4) is 0 Å². The molecule has 1 saturated heterocycles. The second-order valence-corrected chi connectivity index (χ2v) is 5.63. The first-order valence-corrected chi connectivity index (χ1v) is 7.60. The Morgan fingerprint density at radius 2 is 2.00 bits per heavy atom. The van der Waals surface area contributed by atoms with Gasteiger partial charge in [-0.15, -0.1) is 0 Å². The SMILES string of the molecule is CC(CCC(=O)O)CNC(=O)N1CCCN(CCO)CC1. The number of carbonyl (C=O) groups excluding carboxylic acids is 1. The molecule has 1 aliphatic rings. The molecule has 0 radical (unpaired) electrons. The molecule has 7 heteroatoms. The number of aliphatic hydroxyl groups is 1. The summed E-state index contributed by atoms with van der Waals surface area (Å²) in [5.41, 5.74) is 0. The van der Waals surface area contributed by atoms with Gasteiger partial charge in [0.2, 0.25) is 0 Å². The lowest BCUT2D eigenvalue weighted by Crippen LogP contribution is -2.43. The summed E-state index contributed by atoms with van der Waals surface area (Å²) in [6.07, 6.45) is 1.61. The highest BCUT2D eigenvalue weighted by atomic mass is 16.4. The van der Waals surface area contributed by atoms with Crippen LogP contribution in [0.2, 0.25) is 0 Å². The van der Waals surface area contributed by atoms with Crippen LogP contribution in [-0.4, -0.2) is 77.9 Å². The highest BCUT2D eigenvalue weighted by Gasteiger charge is 2.19. The van der Waals surface area contributed by atoms with Crippen LogP contribution >= 0.6 is 0 Å². The molecule has 1 heterocycles. The van der Waals surface area contributed by atoms with Gasteiger partial charge in [-0.3, -0.25) is 9.69 Å². The summed E-state index contributed by atoms with van der Waals surface area (Å²) in [6, 6.07) is -0.0805. The van der Waals surface area contributed by atoms with Gasteiger partial charge in [-0.2, -0.15) is 0 Å². The number of carboxylic acid groups (broad SMARTS) is 1. The molecular weight excluding hydrogens is 274 g/mol. The van der Waals surface area contributed by atoms with E-state index in [4.69, 9.17) is 10.2 Å².